The number of nitrogens with one attached hydrogen (secondary N) is 2. The summed E-state index contributed by atoms with van der Waals surface area (Å²) in [5.74, 6) is -1.74. The molecule has 3 rings (SSSR count). The molecule has 2 heterocycles. The number of carboxylic acid groups (broad SMARTS) is 1. The average Bonchev–Trinajstić information content (AvgIpc) is 3.06. The van der Waals surface area contributed by atoms with Crippen LogP contribution < -0.4 is 15.5 Å². The monoisotopic (exact) mass is 347 g/mol. The minimum absolute atomic E-state index is 0.166. The zero-order valence-corrected chi connectivity index (χ0v) is 13.7. The molecule has 2 aliphatic heterocycles. The molecule has 0 spiro atoms. The Morgan fingerprint density at radius 3 is 2.64 bits per heavy atom. The van der Waals surface area contributed by atoms with E-state index in [2.05, 4.69) is 10.6 Å². The molecule has 0 bridgehead atoms. The predicted octanol–water partition coefficient (Wildman–Crippen LogP) is 0.826. The topological polar surface area (TPSA) is 108 Å². The van der Waals surface area contributed by atoms with Crippen LogP contribution >= 0.6 is 0 Å². The van der Waals surface area contributed by atoms with Crippen LogP contribution in [0.4, 0.5) is 10.5 Å². The van der Waals surface area contributed by atoms with Gasteiger partial charge in [-0.3, -0.25) is 9.69 Å². The lowest BCUT2D eigenvalue weighted by Gasteiger charge is -2.28. The summed E-state index contributed by atoms with van der Waals surface area (Å²) in [5.41, 5.74) is 1.05. The molecule has 8 heteroatoms. The molecule has 3 amide bonds. The lowest BCUT2D eigenvalue weighted by molar-refractivity contribution is -0.142. The fourth-order valence-electron chi connectivity index (χ4n) is 3.15. The summed E-state index contributed by atoms with van der Waals surface area (Å²) < 4.78 is 5.33. The molecule has 25 heavy (non-hydrogen) atoms. The lowest BCUT2D eigenvalue weighted by atomic mass is 9.93. The number of carbonyl (C=O) groups is 3. The molecule has 134 valence electrons. The minimum atomic E-state index is -1.06. The molecule has 1 aromatic carbocycles. The Balaban J connectivity index is 1.67. The van der Waals surface area contributed by atoms with E-state index in [0.29, 0.717) is 44.0 Å². The van der Waals surface area contributed by atoms with E-state index in [4.69, 9.17) is 4.74 Å². The van der Waals surface area contributed by atoms with Gasteiger partial charge in [0.2, 0.25) is 0 Å². The first-order valence-electron chi connectivity index (χ1n) is 8.33. The van der Waals surface area contributed by atoms with E-state index >= 15 is 0 Å². The van der Waals surface area contributed by atoms with E-state index in [1.54, 1.807) is 29.2 Å². The van der Waals surface area contributed by atoms with Crippen LogP contribution in [-0.2, 0) is 9.53 Å². The predicted molar refractivity (Wildman–Crippen MR) is 89.6 cm³/mol. The largest absolute Gasteiger partial charge is 0.480 e. The summed E-state index contributed by atoms with van der Waals surface area (Å²) in [6.45, 7) is 2.13. The molecule has 0 radical (unpaired) electrons. The summed E-state index contributed by atoms with van der Waals surface area (Å²) in [7, 11) is 0. The van der Waals surface area contributed by atoms with Gasteiger partial charge in [0.15, 0.2) is 0 Å². The van der Waals surface area contributed by atoms with Crippen LogP contribution in [0, 0.1) is 5.92 Å². The van der Waals surface area contributed by atoms with E-state index in [9.17, 15) is 19.5 Å². The number of carbonyl (C=O) groups excluding carboxylic acids is 2. The summed E-state index contributed by atoms with van der Waals surface area (Å²) in [5, 5.41) is 14.7. The van der Waals surface area contributed by atoms with Gasteiger partial charge in [-0.15, -0.1) is 0 Å². The van der Waals surface area contributed by atoms with Gasteiger partial charge in [0.1, 0.15) is 6.04 Å². The van der Waals surface area contributed by atoms with Crippen LogP contribution in [0.5, 0.6) is 0 Å². The molecule has 2 saturated heterocycles. The van der Waals surface area contributed by atoms with E-state index in [1.165, 1.54) is 0 Å². The molecule has 2 atom stereocenters. The summed E-state index contributed by atoms with van der Waals surface area (Å²) in [4.78, 5) is 37.1. The van der Waals surface area contributed by atoms with Gasteiger partial charge in [-0.2, -0.15) is 0 Å². The second kappa shape index (κ2) is 7.52. The fraction of sp³-hybridized carbons (Fsp3) is 0.471. The second-order valence-electron chi connectivity index (χ2n) is 6.20. The van der Waals surface area contributed by atoms with Crippen molar-refractivity contribution in [1.29, 1.82) is 0 Å². The van der Waals surface area contributed by atoms with Crippen molar-refractivity contribution in [1.82, 2.24) is 10.6 Å². The third-order valence-electron chi connectivity index (χ3n) is 4.52. The van der Waals surface area contributed by atoms with Crippen molar-refractivity contribution in [2.24, 2.45) is 5.92 Å². The van der Waals surface area contributed by atoms with Crippen molar-refractivity contribution in [3.63, 3.8) is 0 Å². The number of carboxylic acids is 1. The number of rotatable bonds is 5. The van der Waals surface area contributed by atoms with Crippen LogP contribution in [0.3, 0.4) is 0 Å². The Morgan fingerprint density at radius 1 is 1.32 bits per heavy atom. The Hall–Kier alpha value is -2.61. The highest BCUT2D eigenvalue weighted by atomic mass is 16.5. The summed E-state index contributed by atoms with van der Waals surface area (Å²) >= 11 is 0. The standard InChI is InChI=1S/C17H21N3O5/c21-15(19-14(16(22)23)12-2-1-9-25-10-12)11-3-5-13(6-4-11)20-8-7-18-17(20)24/h3-6,12,14H,1-2,7-10H2,(H,18,24)(H,19,21)(H,22,23)/t12-,14+/m0/s1. The number of benzene rings is 1. The maximum Gasteiger partial charge on any atom is 0.326 e. The van der Waals surface area contributed by atoms with Gasteiger partial charge in [-0.1, -0.05) is 0 Å². The SMILES string of the molecule is O=C(N[C@@H](C(=O)O)[C@H]1CCCOC1)c1ccc(N2CCNC2=O)cc1. The Morgan fingerprint density at radius 2 is 2.08 bits per heavy atom. The molecule has 0 aliphatic carbocycles. The highest BCUT2D eigenvalue weighted by Gasteiger charge is 2.31. The van der Waals surface area contributed by atoms with E-state index in [-0.39, 0.29) is 11.9 Å². The van der Waals surface area contributed by atoms with Crippen molar-refractivity contribution in [2.75, 3.05) is 31.2 Å². The van der Waals surface area contributed by atoms with Gasteiger partial charge in [0, 0.05) is 36.9 Å². The lowest BCUT2D eigenvalue weighted by Crippen LogP contribution is -2.48. The molecular weight excluding hydrogens is 326 g/mol. The molecule has 2 aliphatic rings. The van der Waals surface area contributed by atoms with Crippen LogP contribution in [0.15, 0.2) is 24.3 Å². The average molecular weight is 347 g/mol. The van der Waals surface area contributed by atoms with Gasteiger partial charge in [-0.25, -0.2) is 9.59 Å². The molecule has 2 fully saturated rings. The molecular formula is C17H21N3O5. The highest BCUT2D eigenvalue weighted by Crippen LogP contribution is 2.20. The molecule has 8 nitrogen and oxygen atoms in total. The van der Waals surface area contributed by atoms with Gasteiger partial charge < -0.3 is 20.5 Å². The summed E-state index contributed by atoms with van der Waals surface area (Å²) in [6.07, 6.45) is 1.50. The number of hydrogen-bond acceptors (Lipinski definition) is 4. The van der Waals surface area contributed by atoms with Gasteiger partial charge in [-0.05, 0) is 37.1 Å². The number of aliphatic carboxylic acids is 1. The van der Waals surface area contributed by atoms with Crippen molar-refractivity contribution < 1.29 is 24.2 Å². The minimum Gasteiger partial charge on any atom is -0.480 e. The first-order chi connectivity index (χ1) is 12.1. The number of ether oxygens (including phenoxy) is 1. The maximum absolute atomic E-state index is 12.4. The van der Waals surface area contributed by atoms with Crippen molar-refractivity contribution in [3.05, 3.63) is 29.8 Å². The molecule has 3 N–H and O–H groups in total. The van der Waals surface area contributed by atoms with Crippen LogP contribution in [0.25, 0.3) is 0 Å². The normalized spacial score (nSPS) is 21.5. The quantitative estimate of drug-likeness (QED) is 0.731. The van der Waals surface area contributed by atoms with Crippen molar-refractivity contribution in [3.8, 4) is 0 Å². The number of anilines is 1. The highest BCUT2D eigenvalue weighted by molar-refractivity contribution is 5.98. The number of urea groups is 1. The maximum atomic E-state index is 12.4. The third-order valence-corrected chi connectivity index (χ3v) is 4.52. The fourth-order valence-corrected chi connectivity index (χ4v) is 3.15. The third kappa shape index (κ3) is 3.90. The van der Waals surface area contributed by atoms with Crippen molar-refractivity contribution >= 4 is 23.6 Å². The Bertz CT molecular complexity index is 655. The van der Waals surface area contributed by atoms with Gasteiger partial charge in [0.25, 0.3) is 5.91 Å². The zero-order valence-electron chi connectivity index (χ0n) is 13.7. The molecule has 0 unspecified atom stereocenters. The number of nitrogens with zero attached hydrogens (tertiary/aromatic N) is 1. The Kier molecular flexibility index (Phi) is 5.18. The van der Waals surface area contributed by atoms with Gasteiger partial charge >= 0.3 is 12.0 Å². The Labute approximate surface area is 145 Å². The second-order valence-corrected chi connectivity index (χ2v) is 6.20. The first kappa shape index (κ1) is 17.2. The smallest absolute Gasteiger partial charge is 0.326 e. The summed E-state index contributed by atoms with van der Waals surface area (Å²) in [6, 6.07) is 5.40. The number of hydrogen-bond donors (Lipinski definition) is 3. The number of amides is 3. The van der Waals surface area contributed by atoms with Crippen molar-refractivity contribution in [2.45, 2.75) is 18.9 Å². The first-order valence-corrected chi connectivity index (χ1v) is 8.33. The zero-order chi connectivity index (χ0) is 17.8. The van der Waals surface area contributed by atoms with Crippen LogP contribution in [0.2, 0.25) is 0 Å². The van der Waals surface area contributed by atoms with Gasteiger partial charge in [0.05, 0.1) is 6.61 Å². The van der Waals surface area contributed by atoms with E-state index < -0.39 is 17.9 Å². The van der Waals surface area contributed by atoms with Crippen LogP contribution in [0.1, 0.15) is 23.2 Å². The van der Waals surface area contributed by atoms with E-state index in [1.807, 2.05) is 0 Å². The molecule has 0 saturated carbocycles. The molecule has 0 aromatic heterocycles. The molecule has 1 aromatic rings. The van der Waals surface area contributed by atoms with Crippen LogP contribution in [-0.4, -0.2) is 55.4 Å². The van der Waals surface area contributed by atoms with E-state index in [0.717, 1.165) is 6.42 Å².